The van der Waals surface area contributed by atoms with E-state index >= 15 is 0 Å². The molecule has 2 heterocycles. The Bertz CT molecular complexity index is 465. The summed E-state index contributed by atoms with van der Waals surface area (Å²) in [6.07, 6.45) is 3.26. The number of hydrogen-bond donors (Lipinski definition) is 2. The summed E-state index contributed by atoms with van der Waals surface area (Å²) in [5, 5.41) is 7.14. The number of nitrogens with one attached hydrogen (secondary N) is 1. The second kappa shape index (κ2) is 3.74. The molecule has 2 rings (SSSR count). The third-order valence-electron chi connectivity index (χ3n) is 1.83. The van der Waals surface area contributed by atoms with Gasteiger partial charge in [0.15, 0.2) is 11.0 Å². The fourth-order valence-electron chi connectivity index (χ4n) is 1.13. The van der Waals surface area contributed by atoms with Gasteiger partial charge in [-0.15, -0.1) is 0 Å². The summed E-state index contributed by atoms with van der Waals surface area (Å²) in [5.41, 5.74) is 6.10. The van der Waals surface area contributed by atoms with Crippen molar-refractivity contribution in [3.05, 3.63) is 23.6 Å². The molecule has 0 unspecified atom stereocenters. The van der Waals surface area contributed by atoms with Crippen molar-refractivity contribution in [1.82, 2.24) is 19.7 Å². The maximum atomic E-state index is 5.76. The van der Waals surface area contributed by atoms with Gasteiger partial charge in [0, 0.05) is 19.4 Å². The summed E-state index contributed by atoms with van der Waals surface area (Å²) in [5.74, 6) is 1.02. The number of anilines is 3. The molecule has 78 valence electrons. The zero-order valence-electron chi connectivity index (χ0n) is 7.98. The molecule has 0 aliphatic carbocycles. The molecule has 7 heteroatoms. The predicted octanol–water partition coefficient (Wildman–Crippen LogP) is 1.19. The molecule has 0 aliphatic heterocycles. The van der Waals surface area contributed by atoms with E-state index in [1.807, 2.05) is 0 Å². The summed E-state index contributed by atoms with van der Waals surface area (Å²) in [6.45, 7) is 0. The van der Waals surface area contributed by atoms with Crippen molar-refractivity contribution in [2.45, 2.75) is 0 Å². The van der Waals surface area contributed by atoms with Crippen molar-refractivity contribution in [1.29, 1.82) is 0 Å². The van der Waals surface area contributed by atoms with Crippen LogP contribution in [0, 0.1) is 0 Å². The summed E-state index contributed by atoms with van der Waals surface area (Å²) in [6, 6.07) is 1.73. The van der Waals surface area contributed by atoms with Gasteiger partial charge in [0.05, 0.1) is 0 Å². The van der Waals surface area contributed by atoms with E-state index in [-0.39, 0.29) is 5.15 Å². The van der Waals surface area contributed by atoms with Crippen LogP contribution in [0.15, 0.2) is 18.5 Å². The minimum Gasteiger partial charge on any atom is -0.393 e. The maximum Gasteiger partial charge on any atom is 0.228 e. The van der Waals surface area contributed by atoms with Crippen LogP contribution in [0.4, 0.5) is 17.5 Å². The van der Waals surface area contributed by atoms with Gasteiger partial charge in [0.1, 0.15) is 5.69 Å². The molecule has 0 aliphatic rings. The van der Waals surface area contributed by atoms with E-state index in [9.17, 15) is 0 Å². The van der Waals surface area contributed by atoms with Gasteiger partial charge in [-0.25, -0.2) is 14.6 Å². The topological polar surface area (TPSA) is 81.7 Å². The zero-order chi connectivity index (χ0) is 10.8. The molecule has 0 amide bonds. The van der Waals surface area contributed by atoms with Gasteiger partial charge in [-0.3, -0.25) is 0 Å². The molecule has 2 aromatic rings. The lowest BCUT2D eigenvalue weighted by Gasteiger charge is -2.04. The van der Waals surface area contributed by atoms with Crippen molar-refractivity contribution in [3.8, 4) is 0 Å². The lowest BCUT2D eigenvalue weighted by Crippen LogP contribution is -2.03. The molecule has 0 saturated carbocycles. The monoisotopic (exact) mass is 224 g/mol. The molecule has 0 fully saturated rings. The van der Waals surface area contributed by atoms with Gasteiger partial charge in [-0.2, -0.15) is 5.10 Å². The number of nitrogens with zero attached hydrogens (tertiary/aromatic N) is 4. The second-order valence-electron chi connectivity index (χ2n) is 2.87. The average molecular weight is 225 g/mol. The fraction of sp³-hybridized carbons (Fsp3) is 0.125. The smallest absolute Gasteiger partial charge is 0.228 e. The van der Waals surface area contributed by atoms with Crippen LogP contribution in [0.25, 0.3) is 0 Å². The lowest BCUT2D eigenvalue weighted by atomic mass is 10.5. The Kier molecular flexibility index (Phi) is 2.42. The highest BCUT2D eigenvalue weighted by atomic mass is 35.5. The first-order valence-corrected chi connectivity index (χ1v) is 4.58. The Morgan fingerprint density at radius 3 is 2.60 bits per heavy atom. The predicted molar refractivity (Wildman–Crippen MR) is 57.9 cm³/mol. The molecule has 6 nitrogen and oxygen atoms in total. The van der Waals surface area contributed by atoms with Crippen molar-refractivity contribution >= 4 is 29.1 Å². The minimum atomic E-state index is 0.260. The van der Waals surface area contributed by atoms with Gasteiger partial charge < -0.3 is 11.1 Å². The Labute approximate surface area is 91.1 Å². The van der Waals surface area contributed by atoms with Crippen LogP contribution >= 0.6 is 11.6 Å². The molecule has 0 saturated heterocycles. The van der Waals surface area contributed by atoms with Crippen LogP contribution in [0.1, 0.15) is 0 Å². The van der Waals surface area contributed by atoms with E-state index in [1.54, 1.807) is 25.5 Å². The Morgan fingerprint density at radius 1 is 1.40 bits per heavy atom. The quantitative estimate of drug-likeness (QED) is 0.801. The third kappa shape index (κ3) is 1.84. The molecule has 0 spiro atoms. The summed E-state index contributed by atoms with van der Waals surface area (Å²) in [4.78, 5) is 8.01. The van der Waals surface area contributed by atoms with Crippen LogP contribution < -0.4 is 11.1 Å². The molecular formula is C8H9ClN6. The van der Waals surface area contributed by atoms with Crippen molar-refractivity contribution in [2.75, 3.05) is 11.1 Å². The lowest BCUT2D eigenvalue weighted by molar-refractivity contribution is 0.775. The number of aryl methyl sites for hydroxylation is 1. The molecule has 0 bridgehead atoms. The molecule has 0 atom stereocenters. The zero-order valence-corrected chi connectivity index (χ0v) is 8.73. The summed E-state index contributed by atoms with van der Waals surface area (Å²) in [7, 11) is 1.73. The molecule has 15 heavy (non-hydrogen) atoms. The largest absolute Gasteiger partial charge is 0.393 e. The highest BCUT2D eigenvalue weighted by Gasteiger charge is 2.11. The van der Waals surface area contributed by atoms with Crippen LogP contribution in [-0.4, -0.2) is 19.7 Å². The fourth-order valence-corrected chi connectivity index (χ4v) is 1.33. The first kappa shape index (κ1) is 9.72. The van der Waals surface area contributed by atoms with Gasteiger partial charge in [-0.05, 0) is 6.07 Å². The number of aromatic nitrogens is 4. The van der Waals surface area contributed by atoms with Gasteiger partial charge in [0.25, 0.3) is 0 Å². The number of nitrogen functional groups attached to an aromatic ring is 1. The van der Waals surface area contributed by atoms with Crippen molar-refractivity contribution in [2.24, 2.45) is 7.05 Å². The number of hydrogen-bond acceptors (Lipinski definition) is 5. The molecule has 0 radical (unpaired) electrons. The van der Waals surface area contributed by atoms with Crippen LogP contribution in [0.2, 0.25) is 5.15 Å². The van der Waals surface area contributed by atoms with E-state index in [4.69, 9.17) is 17.3 Å². The molecule has 3 N–H and O–H groups in total. The van der Waals surface area contributed by atoms with Crippen molar-refractivity contribution in [3.63, 3.8) is 0 Å². The average Bonchev–Trinajstić information content (AvgIpc) is 2.47. The van der Waals surface area contributed by atoms with E-state index in [2.05, 4.69) is 20.4 Å². The van der Waals surface area contributed by atoms with E-state index in [1.165, 1.54) is 4.68 Å². The molecule has 0 aromatic carbocycles. The first-order valence-electron chi connectivity index (χ1n) is 4.20. The van der Waals surface area contributed by atoms with Gasteiger partial charge in [0.2, 0.25) is 5.95 Å². The van der Waals surface area contributed by atoms with E-state index < -0.39 is 0 Å². The maximum absolute atomic E-state index is 5.76. The van der Waals surface area contributed by atoms with E-state index in [0.29, 0.717) is 17.5 Å². The van der Waals surface area contributed by atoms with Crippen LogP contribution in [0.5, 0.6) is 0 Å². The number of halogens is 1. The van der Waals surface area contributed by atoms with Gasteiger partial charge >= 0.3 is 0 Å². The number of rotatable bonds is 2. The molecular weight excluding hydrogens is 216 g/mol. The highest BCUT2D eigenvalue weighted by Crippen LogP contribution is 2.27. The van der Waals surface area contributed by atoms with Crippen molar-refractivity contribution < 1.29 is 0 Å². The van der Waals surface area contributed by atoms with Gasteiger partial charge in [-0.1, -0.05) is 11.6 Å². The molecule has 2 aromatic heterocycles. The Balaban J connectivity index is 2.32. The first-order chi connectivity index (χ1) is 7.18. The normalized spacial score (nSPS) is 10.3. The number of nitrogens with two attached hydrogens (primary N) is 1. The SMILES string of the molecule is Cn1nc(Cl)c(N)c1Nc1ncccn1. The minimum absolute atomic E-state index is 0.260. The summed E-state index contributed by atoms with van der Waals surface area (Å²) >= 11 is 5.76. The Hall–Kier alpha value is -1.82. The van der Waals surface area contributed by atoms with E-state index in [0.717, 1.165) is 0 Å². The Morgan fingerprint density at radius 2 is 2.07 bits per heavy atom. The van der Waals surface area contributed by atoms with Crippen LogP contribution in [-0.2, 0) is 7.05 Å². The standard InChI is InChI=1S/C8H9ClN6/c1-15-7(5(10)6(9)14-15)13-8-11-3-2-4-12-8/h2-4H,10H2,1H3,(H,11,12,13). The highest BCUT2D eigenvalue weighted by molar-refractivity contribution is 6.32. The third-order valence-corrected chi connectivity index (χ3v) is 2.11. The second-order valence-corrected chi connectivity index (χ2v) is 3.23. The summed E-state index contributed by atoms with van der Waals surface area (Å²) < 4.78 is 1.54. The van der Waals surface area contributed by atoms with Crippen LogP contribution in [0.3, 0.4) is 0 Å².